The van der Waals surface area contributed by atoms with Gasteiger partial charge in [-0.1, -0.05) is 0 Å². The SMILES string of the molecule is [AlH3].[Pd].[SnH2].[Zn]. The molecule has 0 bridgehead atoms. The first-order valence-corrected chi connectivity index (χ1v) is 0. The van der Waals surface area contributed by atoms with Gasteiger partial charge in [0.25, 0.3) is 0 Å². The van der Waals surface area contributed by atoms with Crippen LogP contribution < -0.4 is 0 Å². The normalized spacial score (nSPS) is 0. The van der Waals surface area contributed by atoms with Crippen molar-refractivity contribution in [2.24, 2.45) is 0 Å². The van der Waals surface area contributed by atoms with Crippen LogP contribution in [-0.4, -0.2) is 41.3 Å². The molecule has 0 aromatic carbocycles. The maximum Gasteiger partial charge on any atom is 0 e. The molecule has 0 aromatic heterocycles. The predicted molar refractivity (Wildman–Crippen MR) is 18.5 cm³/mol. The Hall–Kier alpha value is 2.62. The molecule has 0 aliphatic carbocycles. The maximum atomic E-state index is 0. The zero-order valence-electron chi connectivity index (χ0n) is 1.73. The van der Waals surface area contributed by atoms with Crippen LogP contribution in [0.15, 0.2) is 0 Å². The molecule has 0 saturated carbocycles. The van der Waals surface area contributed by atoms with Crippen LogP contribution in [0.1, 0.15) is 0 Å². The summed E-state index contributed by atoms with van der Waals surface area (Å²) in [4.78, 5) is 0. The van der Waals surface area contributed by atoms with Crippen molar-refractivity contribution in [1.29, 1.82) is 0 Å². The fourth-order valence-electron chi connectivity index (χ4n) is 0. The molecule has 0 nitrogen and oxygen atoms in total. The van der Waals surface area contributed by atoms with Crippen molar-refractivity contribution in [2.75, 3.05) is 0 Å². The second kappa shape index (κ2) is 17.5. The molecule has 0 heterocycles. The molecule has 0 aliphatic heterocycles. The van der Waals surface area contributed by atoms with Crippen molar-refractivity contribution >= 4 is 41.3 Å². The average Bonchev–Trinajstić information content (AvgIpc) is 0. The number of hydrogen-bond acceptors (Lipinski definition) is 0. The van der Waals surface area contributed by atoms with Gasteiger partial charge in [-0.15, -0.1) is 0 Å². The zero-order valence-corrected chi connectivity index (χ0v) is 10.3. The minimum Gasteiger partial charge on any atom is 0 e. The van der Waals surface area contributed by atoms with E-state index in [-0.39, 0.29) is 81.2 Å². The third kappa shape index (κ3) is 8.82. The van der Waals surface area contributed by atoms with Gasteiger partial charge in [0, 0.05) is 39.9 Å². The average molecular weight is 323 g/mol. The van der Waals surface area contributed by atoms with Gasteiger partial charge in [0.2, 0.25) is 0 Å². The summed E-state index contributed by atoms with van der Waals surface area (Å²) in [6, 6.07) is 0. The van der Waals surface area contributed by atoms with Crippen molar-refractivity contribution in [2.45, 2.75) is 0 Å². The summed E-state index contributed by atoms with van der Waals surface area (Å²) in [7, 11) is 0. The van der Waals surface area contributed by atoms with Crippen molar-refractivity contribution in [1.82, 2.24) is 0 Å². The van der Waals surface area contributed by atoms with E-state index in [4.69, 9.17) is 0 Å². The molecule has 0 amide bonds. The first-order valence-electron chi connectivity index (χ1n) is 0. The van der Waals surface area contributed by atoms with Crippen LogP contribution in [0.4, 0.5) is 0 Å². The summed E-state index contributed by atoms with van der Waals surface area (Å²) in [5.74, 6) is 0. The third-order valence-corrected chi connectivity index (χ3v) is 0. The fraction of sp³-hybridized carbons (Fsp3) is 0. The summed E-state index contributed by atoms with van der Waals surface area (Å²) < 4.78 is 0. The van der Waals surface area contributed by atoms with E-state index in [2.05, 4.69) is 0 Å². The molecule has 0 saturated heterocycles. The topological polar surface area (TPSA) is 0 Å². The Morgan fingerprint density at radius 1 is 1.00 bits per heavy atom. The molecule has 0 spiro atoms. The van der Waals surface area contributed by atoms with Gasteiger partial charge in [0.1, 0.15) is 0 Å². The van der Waals surface area contributed by atoms with Crippen molar-refractivity contribution < 1.29 is 39.9 Å². The van der Waals surface area contributed by atoms with Gasteiger partial charge in [-0.05, 0) is 0 Å². The van der Waals surface area contributed by atoms with Gasteiger partial charge < -0.3 is 0 Å². The molecule has 0 aliphatic rings. The quantitative estimate of drug-likeness (QED) is 0.448. The van der Waals surface area contributed by atoms with E-state index >= 15 is 0 Å². The Labute approximate surface area is 80.0 Å². The number of rotatable bonds is 0. The molecule has 4 heteroatoms. The van der Waals surface area contributed by atoms with Crippen LogP contribution in [0.25, 0.3) is 0 Å². The minimum atomic E-state index is 0. The largest absolute Gasteiger partial charge is 0 e. The molecule has 0 fully saturated rings. The maximum absolute atomic E-state index is 0. The Balaban J connectivity index is 0. The van der Waals surface area contributed by atoms with Crippen molar-refractivity contribution in [3.8, 4) is 0 Å². The van der Waals surface area contributed by atoms with Gasteiger partial charge in [0.15, 0.2) is 17.4 Å². The molecule has 0 N–H and O–H groups in total. The van der Waals surface area contributed by atoms with Crippen LogP contribution in [0.3, 0.4) is 0 Å². The Kier molecular flexibility index (Phi) is 133. The second-order valence-electron chi connectivity index (χ2n) is 0. The van der Waals surface area contributed by atoms with Gasteiger partial charge in [-0.2, -0.15) is 0 Å². The predicted octanol–water partition coefficient (Wildman–Crippen LogP) is -2.11. The van der Waals surface area contributed by atoms with E-state index in [1.165, 1.54) is 0 Å². The van der Waals surface area contributed by atoms with E-state index in [0.717, 1.165) is 0 Å². The van der Waals surface area contributed by atoms with Crippen LogP contribution in [0.5, 0.6) is 0 Å². The summed E-state index contributed by atoms with van der Waals surface area (Å²) in [6.07, 6.45) is 0. The number of hydrogen-bond donors (Lipinski definition) is 0. The standard InChI is InChI=1S/Al.Pd.Sn.Zn.5H. The van der Waals surface area contributed by atoms with E-state index in [0.29, 0.717) is 0 Å². The fourth-order valence-corrected chi connectivity index (χ4v) is 0. The minimum absolute atomic E-state index is 0. The molecule has 0 rings (SSSR count). The van der Waals surface area contributed by atoms with Crippen LogP contribution in [0, 0.1) is 0 Å². The van der Waals surface area contributed by atoms with Gasteiger partial charge >= 0.3 is 23.9 Å². The van der Waals surface area contributed by atoms with Gasteiger partial charge in [-0.3, -0.25) is 0 Å². The second-order valence-corrected chi connectivity index (χ2v) is 0. The van der Waals surface area contributed by atoms with E-state index in [9.17, 15) is 0 Å². The molecule has 0 atom stereocenters. The summed E-state index contributed by atoms with van der Waals surface area (Å²) in [5, 5.41) is 0. The Morgan fingerprint density at radius 3 is 1.00 bits per heavy atom. The van der Waals surface area contributed by atoms with E-state index in [1.807, 2.05) is 0 Å². The first kappa shape index (κ1) is 30.5. The van der Waals surface area contributed by atoms with Crippen LogP contribution in [-0.2, 0) is 39.9 Å². The molecule has 0 unspecified atom stereocenters. The molecule has 4 heavy (non-hydrogen) atoms. The molecule has 0 aromatic rings. The molecule has 2 radical (unpaired) electrons. The Morgan fingerprint density at radius 2 is 1.00 bits per heavy atom. The Bertz CT molecular complexity index is 8.00. The van der Waals surface area contributed by atoms with Crippen LogP contribution in [0.2, 0.25) is 0 Å². The molecular formula is H5AlPdSnZn. The van der Waals surface area contributed by atoms with Gasteiger partial charge in [-0.25, -0.2) is 0 Å². The summed E-state index contributed by atoms with van der Waals surface area (Å²) in [6.45, 7) is 0. The van der Waals surface area contributed by atoms with Crippen LogP contribution >= 0.6 is 0 Å². The van der Waals surface area contributed by atoms with E-state index in [1.54, 1.807) is 0 Å². The monoisotopic (exact) mass is 322 g/mol. The van der Waals surface area contributed by atoms with Gasteiger partial charge in [0.05, 0.1) is 0 Å². The summed E-state index contributed by atoms with van der Waals surface area (Å²) in [5.41, 5.74) is 0. The first-order chi connectivity index (χ1) is 0. The smallest absolute Gasteiger partial charge is 0 e. The summed E-state index contributed by atoms with van der Waals surface area (Å²) >= 11 is 0. The molecule has 24 valence electrons. The molecular weight excluding hydrogens is 318 g/mol. The zero-order chi connectivity index (χ0) is 0. The van der Waals surface area contributed by atoms with Crippen molar-refractivity contribution in [3.63, 3.8) is 0 Å². The third-order valence-electron chi connectivity index (χ3n) is 0. The van der Waals surface area contributed by atoms with E-state index < -0.39 is 0 Å². The van der Waals surface area contributed by atoms with Crippen molar-refractivity contribution in [3.05, 3.63) is 0 Å².